The van der Waals surface area contributed by atoms with Crippen LogP contribution in [0.3, 0.4) is 0 Å². The summed E-state index contributed by atoms with van der Waals surface area (Å²) < 4.78 is 34.2. The molecule has 0 aromatic heterocycles. The van der Waals surface area contributed by atoms with Crippen LogP contribution in [0.25, 0.3) is 0 Å². The predicted octanol–water partition coefficient (Wildman–Crippen LogP) is 12.4. The second-order valence-electron chi connectivity index (χ2n) is 15.9. The van der Waals surface area contributed by atoms with Gasteiger partial charge in [-0.2, -0.15) is 0 Å². The summed E-state index contributed by atoms with van der Waals surface area (Å²) in [4.78, 5) is 35.4. The highest BCUT2D eigenvalue weighted by Gasteiger charge is 2.27. The van der Waals surface area contributed by atoms with E-state index in [1.807, 2.05) is 63.7 Å². The van der Waals surface area contributed by atoms with Crippen molar-refractivity contribution < 1.29 is 47.2 Å². The van der Waals surface area contributed by atoms with Gasteiger partial charge in [0.05, 0.1) is 33.9 Å². The van der Waals surface area contributed by atoms with Gasteiger partial charge in [-0.05, 0) is 89.9 Å². The Balaban J connectivity index is 4.59. The fourth-order valence-electron chi connectivity index (χ4n) is 5.21. The molecule has 354 valence electrons. The number of likely N-dealkylation sites (N-methyl/N-ethyl adjacent to an activating group) is 1. The zero-order valence-electron chi connectivity index (χ0n) is 39.4. The molecule has 11 heteroatoms. The number of ether oxygens (including phenoxy) is 2. The van der Waals surface area contributed by atoms with Gasteiger partial charge in [-0.3, -0.25) is 18.6 Å². The SMILES string of the molecule is CC/C=C\C/C=C\C/C=C\C/C=C\C/C=C\CCCCCC(=O)OC[C@H](COP(=O)(O)OCC[N+](C)(C)C)OC(=O)CC/C=C\C/C=C\C/C=C\C/C=C/C=C/C(O)C/C=C\CC. The highest BCUT2D eigenvalue weighted by Crippen LogP contribution is 2.43. The fraction of sp³-hybridized carbons (Fsp3) is 0.538. The third-order valence-electron chi connectivity index (χ3n) is 8.77. The van der Waals surface area contributed by atoms with Gasteiger partial charge in [0, 0.05) is 12.8 Å². The molecule has 0 heterocycles. The molecule has 0 aliphatic rings. The summed E-state index contributed by atoms with van der Waals surface area (Å²) in [7, 11) is 1.36. The molecule has 0 aliphatic heterocycles. The number of phosphoric ester groups is 1. The Morgan fingerprint density at radius 1 is 0.571 bits per heavy atom. The number of esters is 2. The van der Waals surface area contributed by atoms with Crippen LogP contribution < -0.4 is 0 Å². The van der Waals surface area contributed by atoms with E-state index in [2.05, 4.69) is 98.9 Å². The third-order valence-corrected chi connectivity index (χ3v) is 9.75. The van der Waals surface area contributed by atoms with Crippen LogP contribution in [0.1, 0.15) is 123 Å². The first kappa shape index (κ1) is 59.1. The van der Waals surface area contributed by atoms with Crippen molar-refractivity contribution in [3.8, 4) is 0 Å². The van der Waals surface area contributed by atoms with Crippen molar-refractivity contribution in [2.75, 3.05) is 47.5 Å². The van der Waals surface area contributed by atoms with Crippen LogP contribution in [0.4, 0.5) is 0 Å². The van der Waals surface area contributed by atoms with Crippen LogP contribution in [0.15, 0.2) is 134 Å². The molecule has 0 radical (unpaired) electrons. The molecule has 2 N–H and O–H groups in total. The first-order valence-electron chi connectivity index (χ1n) is 23.0. The molecular formula is C52H83NO9P+. The van der Waals surface area contributed by atoms with Crippen molar-refractivity contribution >= 4 is 19.8 Å². The van der Waals surface area contributed by atoms with Gasteiger partial charge in [0.2, 0.25) is 0 Å². The van der Waals surface area contributed by atoms with E-state index in [0.717, 1.165) is 77.0 Å². The molecule has 2 unspecified atom stereocenters. The van der Waals surface area contributed by atoms with Crippen molar-refractivity contribution in [2.24, 2.45) is 0 Å². The van der Waals surface area contributed by atoms with Gasteiger partial charge in [-0.25, -0.2) is 4.57 Å². The Hall–Kier alpha value is -3.89. The van der Waals surface area contributed by atoms with Crippen molar-refractivity contribution in [2.45, 2.75) is 135 Å². The van der Waals surface area contributed by atoms with Crippen LogP contribution in [0.5, 0.6) is 0 Å². The number of unbranched alkanes of at least 4 members (excludes halogenated alkanes) is 3. The maximum Gasteiger partial charge on any atom is 0.472 e. The highest BCUT2D eigenvalue weighted by atomic mass is 31.2. The van der Waals surface area contributed by atoms with Crippen molar-refractivity contribution in [1.29, 1.82) is 0 Å². The van der Waals surface area contributed by atoms with E-state index in [0.29, 0.717) is 30.3 Å². The van der Waals surface area contributed by atoms with E-state index in [-0.39, 0.29) is 26.1 Å². The molecule has 0 bridgehead atoms. The van der Waals surface area contributed by atoms with E-state index in [4.69, 9.17) is 18.5 Å². The lowest BCUT2D eigenvalue weighted by molar-refractivity contribution is -0.870. The van der Waals surface area contributed by atoms with E-state index in [1.165, 1.54) is 0 Å². The normalized spacial score (nSPS) is 15.2. The number of hydrogen-bond donors (Lipinski definition) is 2. The molecule has 0 aromatic rings. The summed E-state index contributed by atoms with van der Waals surface area (Å²) in [6.07, 6.45) is 57.1. The molecule has 63 heavy (non-hydrogen) atoms. The van der Waals surface area contributed by atoms with Crippen LogP contribution in [0, 0.1) is 0 Å². The number of aliphatic hydroxyl groups is 1. The number of carbonyl (C=O) groups is 2. The van der Waals surface area contributed by atoms with E-state index < -0.39 is 38.6 Å². The topological polar surface area (TPSA) is 129 Å². The molecule has 0 aromatic carbocycles. The van der Waals surface area contributed by atoms with E-state index in [1.54, 1.807) is 6.08 Å². The Labute approximate surface area is 382 Å². The number of aliphatic hydroxyl groups excluding tert-OH is 1. The van der Waals surface area contributed by atoms with Gasteiger partial charge < -0.3 is 24.0 Å². The molecule has 0 aliphatic carbocycles. The molecule has 10 nitrogen and oxygen atoms in total. The fourth-order valence-corrected chi connectivity index (χ4v) is 5.95. The van der Waals surface area contributed by atoms with Crippen molar-refractivity contribution in [1.82, 2.24) is 0 Å². The summed E-state index contributed by atoms with van der Waals surface area (Å²) >= 11 is 0. The Morgan fingerprint density at radius 2 is 1.08 bits per heavy atom. The minimum Gasteiger partial charge on any atom is -0.462 e. The van der Waals surface area contributed by atoms with Gasteiger partial charge in [-0.15, -0.1) is 0 Å². The summed E-state index contributed by atoms with van der Waals surface area (Å²) in [5.41, 5.74) is 0. The van der Waals surface area contributed by atoms with Gasteiger partial charge in [0.1, 0.15) is 19.8 Å². The summed E-state index contributed by atoms with van der Waals surface area (Å²) in [6, 6.07) is 0. The third kappa shape index (κ3) is 45.9. The molecule has 0 saturated heterocycles. The van der Waals surface area contributed by atoms with Crippen LogP contribution >= 0.6 is 7.82 Å². The van der Waals surface area contributed by atoms with Gasteiger partial charge in [0.15, 0.2) is 6.10 Å². The Kier molecular flexibility index (Phi) is 39.5. The van der Waals surface area contributed by atoms with Crippen LogP contribution in [-0.2, 0) is 32.7 Å². The number of nitrogens with zero attached hydrogens (tertiary/aromatic N) is 1. The van der Waals surface area contributed by atoms with Crippen molar-refractivity contribution in [3.63, 3.8) is 0 Å². The number of quaternary nitrogens is 1. The molecule has 0 rings (SSSR count). The van der Waals surface area contributed by atoms with Crippen LogP contribution in [0.2, 0.25) is 0 Å². The molecule has 0 fully saturated rings. The monoisotopic (exact) mass is 897 g/mol. The minimum absolute atomic E-state index is 0.00335. The maximum absolute atomic E-state index is 12.7. The number of carbonyl (C=O) groups excluding carboxylic acids is 2. The lowest BCUT2D eigenvalue weighted by Gasteiger charge is -2.24. The highest BCUT2D eigenvalue weighted by molar-refractivity contribution is 7.47. The van der Waals surface area contributed by atoms with Gasteiger partial charge in [-0.1, -0.05) is 154 Å². The van der Waals surface area contributed by atoms with E-state index in [9.17, 15) is 24.2 Å². The molecule has 3 atom stereocenters. The molecule has 0 saturated carbocycles. The first-order chi connectivity index (χ1) is 30.4. The average Bonchev–Trinajstić information content (AvgIpc) is 3.23. The lowest BCUT2D eigenvalue weighted by Crippen LogP contribution is -2.37. The number of allylic oxidation sites excluding steroid dienone is 20. The number of hydrogen-bond acceptors (Lipinski definition) is 8. The zero-order valence-corrected chi connectivity index (χ0v) is 40.2. The standard InChI is InChI=1S/C52H82NO9P/c1-6-8-10-11-12-13-14-15-16-17-18-19-20-23-26-29-32-35-39-43-51(55)59-47-50(48-61-63(57,58)60-46-45-53(3,4)5)62-52(56)44-40-36-33-30-27-24-21-22-25-28-31-34-38-42-49(54)41-37-9-7-2/h8-10,12-13,15-16,18-19,22-27,31,33-34,36-38,42,49-50,54H,6-7,11,14,17,20-21,28-30,32,35,39-41,43-48H2,1-5H3/p+1/b10-8-,13-12-,16-15-,19-18-,25-22-,26-23-,27-24-,34-31+,36-33-,37-9-,42-38+/t49?,50-/m1/s1. The van der Waals surface area contributed by atoms with Crippen LogP contribution in [-0.4, -0.2) is 86.1 Å². The quantitative estimate of drug-likeness (QED) is 0.0155. The molecule has 0 spiro atoms. The predicted molar refractivity (Wildman–Crippen MR) is 262 cm³/mol. The number of rotatable bonds is 39. The Morgan fingerprint density at radius 3 is 1.63 bits per heavy atom. The summed E-state index contributed by atoms with van der Waals surface area (Å²) in [5, 5.41) is 9.86. The molecular weight excluding hydrogens is 814 g/mol. The number of phosphoric acid groups is 1. The van der Waals surface area contributed by atoms with E-state index >= 15 is 0 Å². The second kappa shape index (κ2) is 42.1. The summed E-state index contributed by atoms with van der Waals surface area (Å²) in [5.74, 6) is -0.972. The maximum atomic E-state index is 12.7. The van der Waals surface area contributed by atoms with Crippen molar-refractivity contribution in [3.05, 3.63) is 134 Å². The first-order valence-corrected chi connectivity index (χ1v) is 24.5. The van der Waals surface area contributed by atoms with Gasteiger partial charge >= 0.3 is 19.8 Å². The minimum atomic E-state index is -4.43. The summed E-state index contributed by atoms with van der Waals surface area (Å²) in [6.45, 7) is 3.92. The van der Waals surface area contributed by atoms with Gasteiger partial charge in [0.25, 0.3) is 0 Å². The largest absolute Gasteiger partial charge is 0.472 e. The lowest BCUT2D eigenvalue weighted by atomic mass is 10.1. The molecule has 0 amide bonds. The smallest absolute Gasteiger partial charge is 0.462 e. The Bertz CT molecular complexity index is 1540. The zero-order chi connectivity index (χ0) is 46.5. The average molecular weight is 897 g/mol. The second-order valence-corrected chi connectivity index (χ2v) is 17.3.